The average molecular weight is 285 g/mol. The Morgan fingerprint density at radius 1 is 1.24 bits per heavy atom. The summed E-state index contributed by atoms with van der Waals surface area (Å²) >= 11 is 0. The Hall–Kier alpha value is -2.12. The van der Waals surface area contributed by atoms with Crippen molar-refractivity contribution in [2.24, 2.45) is 5.41 Å². The first-order valence-electron chi connectivity index (χ1n) is 6.93. The van der Waals surface area contributed by atoms with Crippen molar-refractivity contribution >= 4 is 11.8 Å². The highest BCUT2D eigenvalue weighted by Gasteiger charge is 2.37. The molecule has 0 atom stereocenters. The summed E-state index contributed by atoms with van der Waals surface area (Å²) in [4.78, 5) is 25.6. The van der Waals surface area contributed by atoms with Crippen LogP contribution in [0.4, 0.5) is 0 Å². The van der Waals surface area contributed by atoms with Gasteiger partial charge in [-0.3, -0.25) is 14.5 Å². The summed E-state index contributed by atoms with van der Waals surface area (Å²) in [7, 11) is 0. The smallest absolute Gasteiger partial charge is 0.230 e. The van der Waals surface area contributed by atoms with E-state index in [0.717, 1.165) is 11.1 Å². The summed E-state index contributed by atoms with van der Waals surface area (Å²) in [6, 6.07) is 7.36. The molecule has 21 heavy (non-hydrogen) atoms. The number of aliphatic hydroxyl groups is 1. The minimum atomic E-state index is -0.251. The van der Waals surface area contributed by atoms with Crippen LogP contribution >= 0.6 is 0 Å². The zero-order valence-electron chi connectivity index (χ0n) is 12.3. The Morgan fingerprint density at radius 2 is 1.90 bits per heavy atom. The van der Waals surface area contributed by atoms with Gasteiger partial charge in [-0.2, -0.15) is 0 Å². The van der Waals surface area contributed by atoms with Crippen LogP contribution in [0.15, 0.2) is 24.3 Å². The maximum atomic E-state index is 12.1. The van der Waals surface area contributed by atoms with Crippen LogP contribution in [0.2, 0.25) is 0 Å². The van der Waals surface area contributed by atoms with Crippen molar-refractivity contribution in [3.05, 3.63) is 35.4 Å². The number of carbonyl (C=O) groups is 2. The first-order valence-corrected chi connectivity index (χ1v) is 6.93. The number of amides is 2. The van der Waals surface area contributed by atoms with E-state index in [-0.39, 0.29) is 30.4 Å². The van der Waals surface area contributed by atoms with Crippen molar-refractivity contribution in [2.45, 2.75) is 33.2 Å². The Balaban J connectivity index is 2.15. The zero-order chi connectivity index (χ0) is 15.5. The number of hydrogen-bond acceptors (Lipinski definition) is 3. The number of likely N-dealkylation sites (tertiary alicyclic amines) is 1. The predicted octanol–water partition coefficient (Wildman–Crippen LogP) is 1.71. The molecule has 1 aliphatic heterocycles. The van der Waals surface area contributed by atoms with Crippen LogP contribution in [-0.4, -0.2) is 28.4 Å². The van der Waals surface area contributed by atoms with E-state index in [1.54, 1.807) is 0 Å². The number of carbonyl (C=O) groups excluding carboxylic acids is 2. The molecule has 1 aliphatic rings. The average Bonchev–Trinajstić information content (AvgIpc) is 2.40. The monoisotopic (exact) mass is 285 g/mol. The highest BCUT2D eigenvalue weighted by atomic mass is 16.2. The summed E-state index contributed by atoms with van der Waals surface area (Å²) in [5, 5.41) is 8.71. The third kappa shape index (κ3) is 3.93. The minimum Gasteiger partial charge on any atom is -0.384 e. The third-order valence-corrected chi connectivity index (χ3v) is 3.44. The van der Waals surface area contributed by atoms with E-state index in [0.29, 0.717) is 12.8 Å². The van der Waals surface area contributed by atoms with Gasteiger partial charge in [0.1, 0.15) is 6.61 Å². The number of hydrogen-bond donors (Lipinski definition) is 1. The van der Waals surface area contributed by atoms with Crippen LogP contribution in [0.1, 0.15) is 37.8 Å². The fraction of sp³-hybridized carbons (Fsp3) is 0.412. The lowest BCUT2D eigenvalue weighted by molar-refractivity contribution is -0.153. The fourth-order valence-corrected chi connectivity index (χ4v) is 2.46. The van der Waals surface area contributed by atoms with Gasteiger partial charge in [-0.25, -0.2) is 0 Å². The molecule has 0 unspecified atom stereocenters. The van der Waals surface area contributed by atoms with Crippen molar-refractivity contribution < 1.29 is 14.7 Å². The molecular formula is C17H19NO3. The van der Waals surface area contributed by atoms with Crippen LogP contribution in [0.25, 0.3) is 0 Å². The summed E-state index contributed by atoms with van der Waals surface area (Å²) in [5.74, 6) is 5.16. The number of nitrogens with zero attached hydrogens (tertiary/aromatic N) is 1. The SMILES string of the molecule is CC1(C)CC(=O)N(Cc2cccc(C#CCO)c2)C(=O)C1. The fourth-order valence-electron chi connectivity index (χ4n) is 2.46. The molecule has 0 radical (unpaired) electrons. The van der Waals surface area contributed by atoms with Crippen molar-refractivity contribution in [3.63, 3.8) is 0 Å². The van der Waals surface area contributed by atoms with Gasteiger partial charge in [0, 0.05) is 18.4 Å². The molecule has 110 valence electrons. The van der Waals surface area contributed by atoms with Crippen LogP contribution < -0.4 is 0 Å². The molecule has 4 heteroatoms. The van der Waals surface area contributed by atoms with Gasteiger partial charge in [-0.15, -0.1) is 0 Å². The van der Waals surface area contributed by atoms with Crippen molar-refractivity contribution in [3.8, 4) is 11.8 Å². The molecule has 2 rings (SSSR count). The van der Waals surface area contributed by atoms with Gasteiger partial charge in [0.2, 0.25) is 11.8 Å². The molecule has 4 nitrogen and oxygen atoms in total. The molecule has 1 saturated heterocycles. The van der Waals surface area contributed by atoms with Gasteiger partial charge < -0.3 is 5.11 Å². The van der Waals surface area contributed by atoms with E-state index in [1.807, 2.05) is 38.1 Å². The Labute approximate surface area is 124 Å². The minimum absolute atomic E-state index is 0.122. The second-order valence-electron chi connectivity index (χ2n) is 6.05. The molecule has 1 heterocycles. The zero-order valence-corrected chi connectivity index (χ0v) is 12.3. The second-order valence-corrected chi connectivity index (χ2v) is 6.05. The molecule has 1 N–H and O–H groups in total. The Bertz CT molecular complexity index is 602. The van der Waals surface area contributed by atoms with E-state index < -0.39 is 0 Å². The van der Waals surface area contributed by atoms with Gasteiger partial charge in [0.25, 0.3) is 0 Å². The highest BCUT2D eigenvalue weighted by Crippen LogP contribution is 2.32. The lowest BCUT2D eigenvalue weighted by Gasteiger charge is -2.34. The number of aliphatic hydroxyl groups excluding tert-OH is 1. The van der Waals surface area contributed by atoms with Crippen LogP contribution in [0.3, 0.4) is 0 Å². The van der Waals surface area contributed by atoms with Gasteiger partial charge in [-0.05, 0) is 23.1 Å². The van der Waals surface area contributed by atoms with Crippen LogP contribution in [-0.2, 0) is 16.1 Å². The van der Waals surface area contributed by atoms with E-state index in [1.165, 1.54) is 4.90 Å². The summed E-state index contributed by atoms with van der Waals surface area (Å²) in [5.41, 5.74) is 1.37. The molecule has 1 fully saturated rings. The topological polar surface area (TPSA) is 57.6 Å². The number of piperidine rings is 1. The Kier molecular flexibility index (Phi) is 4.44. The first-order chi connectivity index (χ1) is 9.91. The predicted molar refractivity (Wildman–Crippen MR) is 79.0 cm³/mol. The summed E-state index contributed by atoms with van der Waals surface area (Å²) < 4.78 is 0. The quantitative estimate of drug-likeness (QED) is 0.665. The summed E-state index contributed by atoms with van der Waals surface area (Å²) in [6.45, 7) is 3.96. The second kappa shape index (κ2) is 6.11. The van der Waals surface area contributed by atoms with Crippen molar-refractivity contribution in [2.75, 3.05) is 6.61 Å². The Morgan fingerprint density at radius 3 is 2.52 bits per heavy atom. The van der Waals surface area contributed by atoms with E-state index in [4.69, 9.17) is 5.11 Å². The number of imide groups is 1. The van der Waals surface area contributed by atoms with E-state index in [9.17, 15) is 9.59 Å². The normalized spacial score (nSPS) is 17.4. The molecule has 0 saturated carbocycles. The molecule has 0 aromatic heterocycles. The third-order valence-electron chi connectivity index (χ3n) is 3.44. The van der Waals surface area contributed by atoms with Crippen molar-refractivity contribution in [1.82, 2.24) is 4.90 Å². The molecule has 0 spiro atoms. The number of rotatable bonds is 2. The first kappa shape index (κ1) is 15.3. The lowest BCUT2D eigenvalue weighted by Crippen LogP contribution is -2.45. The molecule has 0 aliphatic carbocycles. The van der Waals surface area contributed by atoms with Gasteiger partial charge >= 0.3 is 0 Å². The van der Waals surface area contributed by atoms with E-state index >= 15 is 0 Å². The van der Waals surface area contributed by atoms with Gasteiger partial charge in [0.05, 0.1) is 6.54 Å². The molecular weight excluding hydrogens is 266 g/mol. The summed E-state index contributed by atoms with van der Waals surface area (Å²) in [6.07, 6.45) is 0.783. The van der Waals surface area contributed by atoms with Gasteiger partial charge in [0.15, 0.2) is 0 Å². The molecule has 0 bridgehead atoms. The lowest BCUT2D eigenvalue weighted by atomic mass is 9.81. The van der Waals surface area contributed by atoms with Crippen LogP contribution in [0.5, 0.6) is 0 Å². The van der Waals surface area contributed by atoms with E-state index in [2.05, 4.69) is 11.8 Å². The maximum absolute atomic E-state index is 12.1. The van der Waals surface area contributed by atoms with Crippen LogP contribution in [0, 0.1) is 17.3 Å². The van der Waals surface area contributed by atoms with Crippen molar-refractivity contribution in [1.29, 1.82) is 0 Å². The number of benzene rings is 1. The largest absolute Gasteiger partial charge is 0.384 e. The molecule has 1 aromatic rings. The molecule has 2 amide bonds. The maximum Gasteiger partial charge on any atom is 0.230 e. The standard InChI is InChI=1S/C17H19NO3/c1-17(2)10-15(20)18(16(21)11-17)12-14-6-3-5-13(9-14)7-4-8-19/h3,5-6,9,19H,8,10-12H2,1-2H3. The highest BCUT2D eigenvalue weighted by molar-refractivity contribution is 5.98. The molecule has 1 aromatic carbocycles. The van der Waals surface area contributed by atoms with Gasteiger partial charge in [-0.1, -0.05) is 37.8 Å².